The second-order valence-electron chi connectivity index (χ2n) is 6.00. The Hall–Kier alpha value is -1.37. The molecule has 0 heterocycles. The standard InChI is InChI=1S/C19H29NO2/c1-4-8-18(22-15-17-9-6-5-7-10-17)14-19(21-3)13-16(2)11-12-20/h5-7,9-10,16,18-19H,4,8,11,13-15H2,1-3H3/t16-,18+,19+/m1/s1. The van der Waals surface area contributed by atoms with Crippen molar-refractivity contribution in [1.29, 1.82) is 5.26 Å². The van der Waals surface area contributed by atoms with Crippen molar-refractivity contribution < 1.29 is 9.47 Å². The van der Waals surface area contributed by atoms with E-state index in [1.54, 1.807) is 7.11 Å². The van der Waals surface area contributed by atoms with Gasteiger partial charge in [-0.05, 0) is 30.7 Å². The maximum Gasteiger partial charge on any atom is 0.0720 e. The minimum atomic E-state index is 0.163. The van der Waals surface area contributed by atoms with Crippen LogP contribution in [0.15, 0.2) is 30.3 Å². The predicted octanol–water partition coefficient (Wildman–Crippen LogP) is 4.72. The second kappa shape index (κ2) is 11.2. The lowest BCUT2D eigenvalue weighted by atomic mass is 9.96. The van der Waals surface area contributed by atoms with Gasteiger partial charge in [0.1, 0.15) is 0 Å². The summed E-state index contributed by atoms with van der Waals surface area (Å²) in [4.78, 5) is 0. The fourth-order valence-electron chi connectivity index (χ4n) is 2.65. The fourth-order valence-corrected chi connectivity index (χ4v) is 2.65. The van der Waals surface area contributed by atoms with Crippen LogP contribution < -0.4 is 0 Å². The normalized spacial score (nSPS) is 15.0. The highest BCUT2D eigenvalue weighted by atomic mass is 16.5. The molecule has 0 aliphatic rings. The van der Waals surface area contributed by atoms with E-state index < -0.39 is 0 Å². The average Bonchev–Trinajstić information content (AvgIpc) is 2.53. The Morgan fingerprint density at radius 2 is 1.86 bits per heavy atom. The number of nitrogens with zero attached hydrogens (tertiary/aromatic N) is 1. The van der Waals surface area contributed by atoms with Crippen LogP contribution in [0.1, 0.15) is 51.5 Å². The van der Waals surface area contributed by atoms with E-state index in [1.165, 1.54) is 5.56 Å². The van der Waals surface area contributed by atoms with Crippen LogP contribution in [-0.4, -0.2) is 19.3 Å². The summed E-state index contributed by atoms with van der Waals surface area (Å²) in [6, 6.07) is 12.5. The van der Waals surface area contributed by atoms with Crippen molar-refractivity contribution in [3.8, 4) is 6.07 Å². The Morgan fingerprint density at radius 3 is 2.45 bits per heavy atom. The van der Waals surface area contributed by atoms with E-state index in [4.69, 9.17) is 14.7 Å². The van der Waals surface area contributed by atoms with Gasteiger partial charge in [0.15, 0.2) is 0 Å². The zero-order valence-electron chi connectivity index (χ0n) is 14.1. The van der Waals surface area contributed by atoms with E-state index in [9.17, 15) is 0 Å². The second-order valence-corrected chi connectivity index (χ2v) is 6.00. The minimum absolute atomic E-state index is 0.163. The molecule has 0 fully saturated rings. The molecule has 3 atom stereocenters. The Kier molecular flexibility index (Phi) is 9.54. The molecular formula is C19H29NO2. The lowest BCUT2D eigenvalue weighted by molar-refractivity contribution is -0.0189. The monoisotopic (exact) mass is 303 g/mol. The van der Waals surface area contributed by atoms with Gasteiger partial charge in [0.25, 0.3) is 0 Å². The highest BCUT2D eigenvalue weighted by Crippen LogP contribution is 2.20. The van der Waals surface area contributed by atoms with Crippen molar-refractivity contribution in [3.05, 3.63) is 35.9 Å². The van der Waals surface area contributed by atoms with E-state index in [0.29, 0.717) is 18.9 Å². The van der Waals surface area contributed by atoms with Gasteiger partial charge in [-0.25, -0.2) is 0 Å². The average molecular weight is 303 g/mol. The molecule has 3 nitrogen and oxygen atoms in total. The predicted molar refractivity (Wildman–Crippen MR) is 89.4 cm³/mol. The summed E-state index contributed by atoms with van der Waals surface area (Å²) in [5, 5.41) is 8.78. The molecule has 122 valence electrons. The molecule has 0 radical (unpaired) electrons. The molecule has 0 bridgehead atoms. The van der Waals surface area contributed by atoms with Crippen LogP contribution in [0.2, 0.25) is 0 Å². The summed E-state index contributed by atoms with van der Waals surface area (Å²) in [6.07, 6.45) is 4.91. The van der Waals surface area contributed by atoms with Crippen LogP contribution in [0.25, 0.3) is 0 Å². The number of methoxy groups -OCH3 is 1. The molecule has 1 aromatic carbocycles. The zero-order valence-corrected chi connectivity index (χ0v) is 14.1. The number of hydrogen-bond acceptors (Lipinski definition) is 3. The molecule has 0 amide bonds. The quantitative estimate of drug-likeness (QED) is 0.594. The summed E-state index contributed by atoms with van der Waals surface area (Å²) in [5.74, 6) is 0.367. The molecule has 0 spiro atoms. The summed E-state index contributed by atoms with van der Waals surface area (Å²) < 4.78 is 11.7. The summed E-state index contributed by atoms with van der Waals surface area (Å²) in [6.45, 7) is 4.93. The van der Waals surface area contributed by atoms with Crippen molar-refractivity contribution in [2.45, 2.75) is 64.8 Å². The molecule has 0 N–H and O–H groups in total. The first-order chi connectivity index (χ1) is 10.7. The molecular weight excluding hydrogens is 274 g/mol. The Bertz CT molecular complexity index is 427. The Morgan fingerprint density at radius 1 is 1.14 bits per heavy atom. The van der Waals surface area contributed by atoms with Gasteiger partial charge in [-0.3, -0.25) is 0 Å². The largest absolute Gasteiger partial charge is 0.381 e. The van der Waals surface area contributed by atoms with Gasteiger partial charge in [-0.2, -0.15) is 5.26 Å². The van der Waals surface area contributed by atoms with Gasteiger partial charge < -0.3 is 9.47 Å². The topological polar surface area (TPSA) is 42.2 Å². The third kappa shape index (κ3) is 7.59. The first-order valence-electron chi connectivity index (χ1n) is 8.24. The van der Waals surface area contributed by atoms with Crippen LogP contribution in [0.4, 0.5) is 0 Å². The molecule has 0 aliphatic heterocycles. The molecule has 1 rings (SSSR count). The van der Waals surface area contributed by atoms with Crippen molar-refractivity contribution in [2.24, 2.45) is 5.92 Å². The molecule has 1 aromatic rings. The number of nitriles is 1. The van der Waals surface area contributed by atoms with Gasteiger partial charge in [0, 0.05) is 13.5 Å². The molecule has 0 saturated heterocycles. The maximum absolute atomic E-state index is 8.78. The Balaban J connectivity index is 2.48. The third-order valence-corrected chi connectivity index (χ3v) is 3.90. The molecule has 0 aromatic heterocycles. The molecule has 22 heavy (non-hydrogen) atoms. The highest BCUT2D eigenvalue weighted by Gasteiger charge is 2.19. The lowest BCUT2D eigenvalue weighted by Gasteiger charge is -2.24. The molecule has 3 heteroatoms. The van der Waals surface area contributed by atoms with Gasteiger partial charge >= 0.3 is 0 Å². The highest BCUT2D eigenvalue weighted by molar-refractivity contribution is 5.13. The maximum atomic E-state index is 8.78. The van der Waals surface area contributed by atoms with E-state index in [0.717, 1.165) is 25.7 Å². The summed E-state index contributed by atoms with van der Waals surface area (Å²) in [5.41, 5.74) is 1.20. The Labute approximate surface area is 135 Å². The molecule has 0 unspecified atom stereocenters. The first-order valence-corrected chi connectivity index (χ1v) is 8.24. The van der Waals surface area contributed by atoms with Crippen LogP contribution in [0.5, 0.6) is 0 Å². The van der Waals surface area contributed by atoms with E-state index in [1.807, 2.05) is 18.2 Å². The number of ether oxygens (including phenoxy) is 2. The van der Waals surface area contributed by atoms with Crippen molar-refractivity contribution >= 4 is 0 Å². The van der Waals surface area contributed by atoms with Crippen LogP contribution in [0, 0.1) is 17.2 Å². The smallest absolute Gasteiger partial charge is 0.0720 e. The van der Waals surface area contributed by atoms with E-state index in [2.05, 4.69) is 32.0 Å². The van der Waals surface area contributed by atoms with Crippen LogP contribution in [0.3, 0.4) is 0 Å². The van der Waals surface area contributed by atoms with E-state index >= 15 is 0 Å². The molecule has 0 aliphatic carbocycles. The van der Waals surface area contributed by atoms with Gasteiger partial charge in [-0.1, -0.05) is 50.6 Å². The van der Waals surface area contributed by atoms with Crippen molar-refractivity contribution in [1.82, 2.24) is 0 Å². The van der Waals surface area contributed by atoms with Crippen molar-refractivity contribution in [2.75, 3.05) is 7.11 Å². The third-order valence-electron chi connectivity index (χ3n) is 3.90. The first kappa shape index (κ1) is 18.7. The van der Waals surface area contributed by atoms with Gasteiger partial charge in [0.05, 0.1) is 24.9 Å². The van der Waals surface area contributed by atoms with Crippen molar-refractivity contribution in [3.63, 3.8) is 0 Å². The van der Waals surface area contributed by atoms with Crippen LogP contribution >= 0.6 is 0 Å². The zero-order chi connectivity index (χ0) is 16.2. The van der Waals surface area contributed by atoms with Gasteiger partial charge in [-0.15, -0.1) is 0 Å². The fraction of sp³-hybridized carbons (Fsp3) is 0.632. The SMILES string of the molecule is CCC[C@@H](C[C@H](C[C@H](C)CC#N)OC)OCc1ccccc1. The summed E-state index contributed by atoms with van der Waals surface area (Å²) >= 11 is 0. The van der Waals surface area contributed by atoms with Crippen LogP contribution in [-0.2, 0) is 16.1 Å². The van der Waals surface area contributed by atoms with E-state index in [-0.39, 0.29) is 12.2 Å². The van der Waals surface area contributed by atoms with Gasteiger partial charge in [0.2, 0.25) is 0 Å². The number of hydrogen-bond donors (Lipinski definition) is 0. The lowest BCUT2D eigenvalue weighted by Crippen LogP contribution is -2.24. The summed E-state index contributed by atoms with van der Waals surface area (Å²) in [7, 11) is 1.75. The molecule has 0 saturated carbocycles. The minimum Gasteiger partial charge on any atom is -0.381 e. The number of benzene rings is 1. The number of rotatable bonds is 11.